The summed E-state index contributed by atoms with van der Waals surface area (Å²) in [6.07, 6.45) is -0.0525. The summed E-state index contributed by atoms with van der Waals surface area (Å²) in [5.74, 6) is -2.66. The van der Waals surface area contributed by atoms with Crippen LogP contribution in [-0.4, -0.2) is 16.8 Å². The van der Waals surface area contributed by atoms with Crippen molar-refractivity contribution >= 4 is 23.4 Å². The van der Waals surface area contributed by atoms with E-state index in [0.29, 0.717) is 4.90 Å². The number of carbonyl (C=O) groups is 1. The molecule has 0 fully saturated rings. The second-order valence-corrected chi connectivity index (χ2v) is 3.93. The zero-order valence-corrected chi connectivity index (χ0v) is 8.48. The average molecular weight is 233 g/mol. The van der Waals surface area contributed by atoms with Crippen LogP contribution >= 0.6 is 11.8 Å². The highest BCUT2D eigenvalue weighted by Gasteiger charge is 2.08. The fourth-order valence-electron chi connectivity index (χ4n) is 0.917. The average Bonchev–Trinajstić information content (AvgIpc) is 2.13. The number of hydrogen-bond acceptors (Lipinski definition) is 3. The van der Waals surface area contributed by atoms with Gasteiger partial charge in [-0.15, -0.1) is 11.8 Å². The fraction of sp³-hybridized carbons (Fsp3) is 0.222. The van der Waals surface area contributed by atoms with Gasteiger partial charge in [-0.2, -0.15) is 0 Å². The Balaban J connectivity index is 2.69. The predicted octanol–water partition coefficient (Wildman–Crippen LogP) is 2.11. The molecule has 0 bridgehead atoms. The van der Waals surface area contributed by atoms with E-state index in [1.54, 1.807) is 0 Å². The van der Waals surface area contributed by atoms with Gasteiger partial charge in [-0.05, 0) is 6.07 Å². The molecule has 0 heterocycles. The number of benzene rings is 1. The monoisotopic (exact) mass is 233 g/mol. The summed E-state index contributed by atoms with van der Waals surface area (Å²) in [6.45, 7) is 0. The third kappa shape index (κ3) is 3.39. The van der Waals surface area contributed by atoms with E-state index in [9.17, 15) is 13.6 Å². The van der Waals surface area contributed by atoms with Gasteiger partial charge in [0, 0.05) is 22.4 Å². The van der Waals surface area contributed by atoms with Gasteiger partial charge in [0.15, 0.2) is 11.6 Å². The van der Waals surface area contributed by atoms with Crippen LogP contribution in [-0.2, 0) is 4.79 Å². The Morgan fingerprint density at radius 2 is 2.00 bits per heavy atom. The van der Waals surface area contributed by atoms with Crippen molar-refractivity contribution in [2.75, 3.05) is 11.5 Å². The number of nitrogen functional groups attached to an aromatic ring is 1. The molecule has 0 radical (unpaired) electrons. The SMILES string of the molecule is Nc1cc(F)c(F)cc1SCCC(=O)O. The van der Waals surface area contributed by atoms with E-state index in [2.05, 4.69) is 0 Å². The molecule has 82 valence electrons. The fourth-order valence-corrected chi connectivity index (χ4v) is 1.83. The van der Waals surface area contributed by atoms with Crippen molar-refractivity contribution in [3.05, 3.63) is 23.8 Å². The molecule has 3 N–H and O–H groups in total. The minimum absolute atomic E-state index is 0.0525. The van der Waals surface area contributed by atoms with E-state index in [0.717, 1.165) is 23.9 Å². The molecule has 0 saturated heterocycles. The van der Waals surface area contributed by atoms with Gasteiger partial charge >= 0.3 is 5.97 Å². The number of hydrogen-bond donors (Lipinski definition) is 2. The van der Waals surface area contributed by atoms with Crippen LogP contribution in [0, 0.1) is 11.6 Å². The largest absolute Gasteiger partial charge is 0.481 e. The molecule has 1 aromatic carbocycles. The normalized spacial score (nSPS) is 10.3. The van der Waals surface area contributed by atoms with Crippen LogP contribution in [0.5, 0.6) is 0 Å². The lowest BCUT2D eigenvalue weighted by atomic mass is 10.3. The molecule has 0 aliphatic rings. The molecular weight excluding hydrogens is 224 g/mol. The Morgan fingerprint density at radius 1 is 1.40 bits per heavy atom. The maximum absolute atomic E-state index is 12.8. The molecule has 0 atom stereocenters. The first-order valence-corrected chi connectivity index (χ1v) is 5.08. The standard InChI is InChI=1S/C9H9F2NO2S/c10-5-3-7(12)8(4-6(5)11)15-2-1-9(13)14/h3-4H,1-2,12H2,(H,13,14). The van der Waals surface area contributed by atoms with E-state index >= 15 is 0 Å². The van der Waals surface area contributed by atoms with Gasteiger partial charge in [0.25, 0.3) is 0 Å². The van der Waals surface area contributed by atoms with E-state index in [1.807, 2.05) is 0 Å². The Bertz CT molecular complexity index is 385. The van der Waals surface area contributed by atoms with Crippen LogP contribution in [0.1, 0.15) is 6.42 Å². The highest BCUT2D eigenvalue weighted by molar-refractivity contribution is 7.99. The van der Waals surface area contributed by atoms with Crippen LogP contribution in [0.25, 0.3) is 0 Å². The van der Waals surface area contributed by atoms with Crippen LogP contribution < -0.4 is 5.73 Å². The van der Waals surface area contributed by atoms with Crippen LogP contribution in [0.15, 0.2) is 17.0 Å². The molecule has 0 aromatic heterocycles. The number of anilines is 1. The lowest BCUT2D eigenvalue weighted by Crippen LogP contribution is -1.98. The highest BCUT2D eigenvalue weighted by Crippen LogP contribution is 2.27. The first-order chi connectivity index (χ1) is 7.00. The van der Waals surface area contributed by atoms with Crippen molar-refractivity contribution in [2.24, 2.45) is 0 Å². The summed E-state index contributed by atoms with van der Waals surface area (Å²) in [4.78, 5) is 10.6. The lowest BCUT2D eigenvalue weighted by Gasteiger charge is -2.04. The van der Waals surface area contributed by atoms with Crippen molar-refractivity contribution in [2.45, 2.75) is 11.3 Å². The molecule has 0 unspecified atom stereocenters. The van der Waals surface area contributed by atoms with E-state index in [-0.39, 0.29) is 17.9 Å². The number of thioether (sulfide) groups is 1. The molecule has 3 nitrogen and oxygen atoms in total. The maximum Gasteiger partial charge on any atom is 0.304 e. The van der Waals surface area contributed by atoms with Gasteiger partial charge in [0.2, 0.25) is 0 Å². The first-order valence-electron chi connectivity index (χ1n) is 4.10. The van der Waals surface area contributed by atoms with E-state index < -0.39 is 17.6 Å². The summed E-state index contributed by atoms with van der Waals surface area (Å²) in [6, 6.07) is 1.86. The van der Waals surface area contributed by atoms with Gasteiger partial charge in [0.1, 0.15) is 0 Å². The van der Waals surface area contributed by atoms with Crippen molar-refractivity contribution in [1.82, 2.24) is 0 Å². The summed E-state index contributed by atoms with van der Waals surface area (Å²) < 4.78 is 25.4. The number of nitrogens with two attached hydrogens (primary N) is 1. The molecular formula is C9H9F2NO2S. The van der Waals surface area contributed by atoms with Gasteiger partial charge in [-0.25, -0.2) is 8.78 Å². The predicted molar refractivity (Wildman–Crippen MR) is 53.7 cm³/mol. The first kappa shape index (κ1) is 11.8. The summed E-state index contributed by atoms with van der Waals surface area (Å²) in [7, 11) is 0. The molecule has 6 heteroatoms. The molecule has 1 aromatic rings. The zero-order chi connectivity index (χ0) is 11.4. The molecule has 0 aliphatic carbocycles. The number of rotatable bonds is 4. The summed E-state index contributed by atoms with van der Waals surface area (Å²) in [5, 5.41) is 8.38. The number of carboxylic acid groups (broad SMARTS) is 1. The van der Waals surface area contributed by atoms with Crippen molar-refractivity contribution in [1.29, 1.82) is 0 Å². The smallest absolute Gasteiger partial charge is 0.304 e. The highest BCUT2D eigenvalue weighted by atomic mass is 32.2. The molecule has 0 amide bonds. The van der Waals surface area contributed by atoms with E-state index in [1.165, 1.54) is 0 Å². The van der Waals surface area contributed by atoms with Gasteiger partial charge < -0.3 is 10.8 Å². The number of halogens is 2. The van der Waals surface area contributed by atoms with E-state index in [4.69, 9.17) is 10.8 Å². The third-order valence-corrected chi connectivity index (χ3v) is 2.70. The molecule has 0 spiro atoms. The maximum atomic E-state index is 12.8. The van der Waals surface area contributed by atoms with Crippen LogP contribution in [0.4, 0.5) is 14.5 Å². The van der Waals surface area contributed by atoms with Crippen molar-refractivity contribution in [3.8, 4) is 0 Å². The Morgan fingerprint density at radius 3 is 2.60 bits per heavy atom. The molecule has 1 rings (SSSR count). The number of aliphatic carboxylic acids is 1. The Hall–Kier alpha value is -1.30. The van der Waals surface area contributed by atoms with Crippen LogP contribution in [0.2, 0.25) is 0 Å². The van der Waals surface area contributed by atoms with Crippen molar-refractivity contribution in [3.63, 3.8) is 0 Å². The summed E-state index contributed by atoms with van der Waals surface area (Å²) >= 11 is 1.09. The second-order valence-electron chi connectivity index (χ2n) is 2.80. The second kappa shape index (κ2) is 4.97. The minimum atomic E-state index is -1.00. The third-order valence-electron chi connectivity index (χ3n) is 1.63. The molecule has 0 saturated carbocycles. The Kier molecular flexibility index (Phi) is 3.90. The minimum Gasteiger partial charge on any atom is -0.481 e. The topological polar surface area (TPSA) is 63.3 Å². The van der Waals surface area contributed by atoms with Gasteiger partial charge in [-0.1, -0.05) is 0 Å². The van der Waals surface area contributed by atoms with Crippen LogP contribution in [0.3, 0.4) is 0 Å². The number of carboxylic acids is 1. The zero-order valence-electron chi connectivity index (χ0n) is 7.67. The molecule has 15 heavy (non-hydrogen) atoms. The quantitative estimate of drug-likeness (QED) is 0.617. The lowest BCUT2D eigenvalue weighted by molar-refractivity contribution is -0.136. The van der Waals surface area contributed by atoms with Gasteiger partial charge in [-0.3, -0.25) is 4.79 Å². The van der Waals surface area contributed by atoms with Gasteiger partial charge in [0.05, 0.1) is 6.42 Å². The molecule has 0 aliphatic heterocycles. The summed E-state index contributed by atoms with van der Waals surface area (Å²) in [5.41, 5.74) is 5.55. The Labute approximate surface area is 89.3 Å². The van der Waals surface area contributed by atoms with Crippen molar-refractivity contribution < 1.29 is 18.7 Å².